The number of carbonyl (C=O) groups is 1. The summed E-state index contributed by atoms with van der Waals surface area (Å²) >= 11 is 0. The van der Waals surface area contributed by atoms with Crippen molar-refractivity contribution in [3.63, 3.8) is 0 Å². The molecule has 9 nitrogen and oxygen atoms in total. The van der Waals surface area contributed by atoms with Crippen LogP contribution in [0.3, 0.4) is 0 Å². The largest absolute Gasteiger partial charge is 0.441 e. The summed E-state index contributed by atoms with van der Waals surface area (Å²) in [5, 5.41) is 0. The third kappa shape index (κ3) is 4.36. The summed E-state index contributed by atoms with van der Waals surface area (Å²) in [6, 6.07) is 2.12. The lowest BCUT2D eigenvalue weighted by atomic mass is 10.0. The summed E-state index contributed by atoms with van der Waals surface area (Å²) in [5.41, 5.74) is -0.187. The van der Waals surface area contributed by atoms with Crippen molar-refractivity contribution >= 4 is 27.6 Å². The first-order valence-corrected chi connectivity index (χ1v) is 11.3. The van der Waals surface area contributed by atoms with Crippen LogP contribution in [0.1, 0.15) is 12.8 Å². The SMILES string of the molecule is CS(=O)(=O)OC[C@H]1CN(c2cc(F)c(N3CCC4(CC3)OCCO4)c(F)c2)C(=O)O1. The maximum absolute atomic E-state index is 14.8. The van der Waals surface area contributed by atoms with Gasteiger partial charge in [-0.2, -0.15) is 8.42 Å². The Morgan fingerprint density at radius 2 is 1.77 bits per heavy atom. The smallest absolute Gasteiger partial charge is 0.414 e. The molecule has 0 N–H and O–H groups in total. The Morgan fingerprint density at radius 1 is 1.17 bits per heavy atom. The highest BCUT2D eigenvalue weighted by molar-refractivity contribution is 7.85. The Labute approximate surface area is 172 Å². The number of rotatable bonds is 5. The molecule has 1 aromatic carbocycles. The van der Waals surface area contributed by atoms with Crippen LogP contribution in [0.15, 0.2) is 12.1 Å². The van der Waals surface area contributed by atoms with Crippen molar-refractivity contribution in [1.82, 2.24) is 0 Å². The molecule has 1 amide bonds. The van der Waals surface area contributed by atoms with E-state index < -0.39 is 39.7 Å². The minimum atomic E-state index is -3.70. The predicted molar refractivity (Wildman–Crippen MR) is 101 cm³/mol. The summed E-state index contributed by atoms with van der Waals surface area (Å²) in [7, 11) is -3.70. The van der Waals surface area contributed by atoms with Crippen LogP contribution in [0.25, 0.3) is 0 Å². The minimum absolute atomic E-state index is 0.0171. The van der Waals surface area contributed by atoms with E-state index in [2.05, 4.69) is 4.18 Å². The Hall–Kier alpha value is -2.02. The van der Waals surface area contributed by atoms with Crippen LogP contribution in [0.4, 0.5) is 25.0 Å². The van der Waals surface area contributed by atoms with Crippen molar-refractivity contribution in [2.45, 2.75) is 24.7 Å². The molecule has 0 aromatic heterocycles. The second-order valence-corrected chi connectivity index (χ2v) is 9.10. The molecule has 1 aromatic rings. The molecule has 0 aliphatic carbocycles. The second-order valence-electron chi connectivity index (χ2n) is 7.46. The van der Waals surface area contributed by atoms with Gasteiger partial charge in [0.1, 0.15) is 18.4 Å². The zero-order chi connectivity index (χ0) is 21.5. The van der Waals surface area contributed by atoms with Gasteiger partial charge in [-0.15, -0.1) is 0 Å². The maximum atomic E-state index is 14.8. The normalized spacial score (nSPS) is 24.0. The molecule has 3 fully saturated rings. The number of nitrogens with zero attached hydrogens (tertiary/aromatic N) is 2. The Balaban J connectivity index is 1.46. The number of benzene rings is 1. The van der Waals surface area contributed by atoms with E-state index in [1.807, 2.05) is 0 Å². The molecule has 0 unspecified atom stereocenters. The number of ether oxygens (including phenoxy) is 3. The molecule has 3 heterocycles. The average Bonchev–Trinajstić information content (AvgIpc) is 3.27. The van der Waals surface area contributed by atoms with Crippen molar-refractivity contribution in [2.24, 2.45) is 0 Å². The van der Waals surface area contributed by atoms with Crippen molar-refractivity contribution in [3.05, 3.63) is 23.8 Å². The Morgan fingerprint density at radius 3 is 2.33 bits per heavy atom. The molecule has 4 rings (SSSR count). The van der Waals surface area contributed by atoms with E-state index in [1.54, 1.807) is 4.90 Å². The lowest BCUT2D eigenvalue weighted by Crippen LogP contribution is -2.45. The number of hydrogen-bond acceptors (Lipinski definition) is 8. The highest BCUT2D eigenvalue weighted by Gasteiger charge is 2.41. The molecule has 3 aliphatic rings. The molecule has 1 spiro atoms. The van der Waals surface area contributed by atoms with Crippen LogP contribution in [0, 0.1) is 11.6 Å². The molecular weight excluding hydrogens is 426 g/mol. The van der Waals surface area contributed by atoms with Gasteiger partial charge in [-0.3, -0.25) is 9.08 Å². The molecule has 0 radical (unpaired) electrons. The zero-order valence-electron chi connectivity index (χ0n) is 16.3. The first-order chi connectivity index (χ1) is 14.2. The van der Waals surface area contributed by atoms with Gasteiger partial charge in [0.2, 0.25) is 0 Å². The van der Waals surface area contributed by atoms with Crippen LogP contribution in [0.5, 0.6) is 0 Å². The average molecular weight is 448 g/mol. The van der Waals surface area contributed by atoms with Crippen LogP contribution in [0.2, 0.25) is 0 Å². The summed E-state index contributed by atoms with van der Waals surface area (Å²) in [5.74, 6) is -2.28. The first-order valence-electron chi connectivity index (χ1n) is 9.50. The van der Waals surface area contributed by atoms with E-state index in [9.17, 15) is 22.0 Å². The van der Waals surface area contributed by atoms with Crippen LogP contribution < -0.4 is 9.80 Å². The molecule has 0 bridgehead atoms. The van der Waals surface area contributed by atoms with Crippen molar-refractivity contribution in [2.75, 3.05) is 55.5 Å². The molecule has 0 saturated carbocycles. The van der Waals surface area contributed by atoms with Crippen LogP contribution >= 0.6 is 0 Å². The highest BCUT2D eigenvalue weighted by atomic mass is 32.2. The van der Waals surface area contributed by atoms with E-state index >= 15 is 0 Å². The fourth-order valence-corrected chi connectivity index (χ4v) is 4.28. The van der Waals surface area contributed by atoms with E-state index in [0.717, 1.165) is 23.3 Å². The van der Waals surface area contributed by atoms with Gasteiger partial charge < -0.3 is 19.1 Å². The van der Waals surface area contributed by atoms with Gasteiger partial charge in [0, 0.05) is 38.1 Å². The van der Waals surface area contributed by atoms with Gasteiger partial charge in [0.05, 0.1) is 31.7 Å². The summed E-state index contributed by atoms with van der Waals surface area (Å²) in [6.07, 6.45) is 0.155. The quantitative estimate of drug-likeness (QED) is 0.627. The lowest BCUT2D eigenvalue weighted by molar-refractivity contribution is -0.169. The summed E-state index contributed by atoms with van der Waals surface area (Å²) in [6.45, 7) is 1.30. The Bertz CT molecular complexity index is 903. The van der Waals surface area contributed by atoms with E-state index in [-0.39, 0.29) is 24.5 Å². The fraction of sp³-hybridized carbons (Fsp3) is 0.611. The number of hydrogen-bond donors (Lipinski definition) is 0. The maximum Gasteiger partial charge on any atom is 0.414 e. The minimum Gasteiger partial charge on any atom is -0.441 e. The van der Waals surface area contributed by atoms with Crippen LogP contribution in [-0.4, -0.2) is 72.1 Å². The molecule has 1 atom stereocenters. The van der Waals surface area contributed by atoms with Gasteiger partial charge in [-0.25, -0.2) is 13.6 Å². The van der Waals surface area contributed by atoms with Gasteiger partial charge in [0.25, 0.3) is 10.1 Å². The van der Waals surface area contributed by atoms with Gasteiger partial charge >= 0.3 is 6.09 Å². The molecule has 3 saturated heterocycles. The number of cyclic esters (lactones) is 1. The highest BCUT2D eigenvalue weighted by Crippen LogP contribution is 2.36. The second kappa shape index (κ2) is 7.91. The third-order valence-corrected chi connectivity index (χ3v) is 5.87. The van der Waals surface area contributed by atoms with Gasteiger partial charge in [-0.05, 0) is 0 Å². The zero-order valence-corrected chi connectivity index (χ0v) is 17.1. The number of anilines is 2. The molecule has 166 valence electrons. The van der Waals surface area contributed by atoms with E-state index in [4.69, 9.17) is 14.2 Å². The number of piperidine rings is 1. The molecule has 12 heteroatoms. The van der Waals surface area contributed by atoms with E-state index in [1.165, 1.54) is 0 Å². The van der Waals surface area contributed by atoms with Gasteiger partial charge in [-0.1, -0.05) is 0 Å². The number of amides is 1. The monoisotopic (exact) mass is 448 g/mol. The Kier molecular flexibility index (Phi) is 5.60. The predicted octanol–water partition coefficient (Wildman–Crippen LogP) is 1.61. The first kappa shape index (κ1) is 21.2. The number of carbonyl (C=O) groups excluding carboxylic acids is 1. The van der Waals surface area contributed by atoms with Crippen molar-refractivity contribution < 1.29 is 40.4 Å². The summed E-state index contributed by atoms with van der Waals surface area (Å²) < 4.78 is 72.7. The van der Waals surface area contributed by atoms with Crippen LogP contribution in [-0.2, 0) is 28.5 Å². The topological polar surface area (TPSA) is 94.6 Å². The summed E-state index contributed by atoms with van der Waals surface area (Å²) in [4.78, 5) is 14.7. The number of halogens is 2. The standard InChI is InChI=1S/C18H22F2N2O7S/c1-30(24,25)28-11-13-10-22(17(23)29-13)12-8-14(19)16(15(20)9-12)21-4-2-18(3-5-21)26-6-7-27-18/h8-9,13H,2-7,10-11H2,1H3/t13-/m1/s1. The van der Waals surface area contributed by atoms with E-state index in [0.29, 0.717) is 39.1 Å². The molecular formula is C18H22F2N2O7S. The molecule has 30 heavy (non-hydrogen) atoms. The van der Waals surface area contributed by atoms with Gasteiger partial charge in [0.15, 0.2) is 17.4 Å². The van der Waals surface area contributed by atoms with Crippen molar-refractivity contribution in [3.8, 4) is 0 Å². The molecule has 3 aliphatic heterocycles. The third-order valence-electron chi connectivity index (χ3n) is 5.31. The fourth-order valence-electron chi connectivity index (χ4n) is 3.89. The van der Waals surface area contributed by atoms with Crippen molar-refractivity contribution in [1.29, 1.82) is 0 Å². The lowest BCUT2D eigenvalue weighted by Gasteiger charge is -2.38.